The van der Waals surface area contributed by atoms with Crippen LogP contribution in [0.5, 0.6) is 0 Å². The van der Waals surface area contributed by atoms with E-state index in [1.165, 1.54) is 0 Å². The van der Waals surface area contributed by atoms with E-state index in [4.69, 9.17) is 0 Å². The molecule has 0 radical (unpaired) electrons. The fraction of sp³-hybridized carbons (Fsp3) is 0.417. The van der Waals surface area contributed by atoms with E-state index in [0.29, 0.717) is 11.4 Å². The molecule has 0 saturated heterocycles. The summed E-state index contributed by atoms with van der Waals surface area (Å²) < 4.78 is 24.9. The van der Waals surface area contributed by atoms with Crippen molar-refractivity contribution < 1.29 is 18.0 Å². The van der Waals surface area contributed by atoms with Crippen molar-refractivity contribution in [1.29, 1.82) is 0 Å². The van der Waals surface area contributed by atoms with E-state index in [-0.39, 0.29) is 29.0 Å². The molecule has 0 N–H and O–H groups in total. The first-order chi connectivity index (χ1) is 14.8. The predicted octanol–water partition coefficient (Wildman–Crippen LogP) is 3.79. The van der Waals surface area contributed by atoms with E-state index in [9.17, 15) is 18.0 Å². The molecule has 5 rings (SSSR count). The van der Waals surface area contributed by atoms with Crippen molar-refractivity contribution in [2.75, 3.05) is 16.3 Å². The molecule has 2 saturated carbocycles. The highest BCUT2D eigenvalue weighted by atomic mass is 32.2. The quantitative estimate of drug-likeness (QED) is 0.728. The Hall–Kier alpha value is -2.67. The van der Waals surface area contributed by atoms with E-state index < -0.39 is 9.84 Å². The summed E-state index contributed by atoms with van der Waals surface area (Å²) in [5.74, 6) is 0.161. The maximum Gasteiger partial charge on any atom is 0.230 e. The zero-order chi connectivity index (χ0) is 21.9. The highest BCUT2D eigenvalue weighted by Gasteiger charge is 2.40. The van der Waals surface area contributed by atoms with Crippen LogP contribution in [0.3, 0.4) is 0 Å². The summed E-state index contributed by atoms with van der Waals surface area (Å²) in [6.45, 7) is 3.99. The van der Waals surface area contributed by atoms with Gasteiger partial charge in [-0.1, -0.05) is 18.2 Å². The molecule has 3 aliphatic rings. The number of nitrogens with zero attached hydrogens (tertiary/aromatic N) is 2. The minimum absolute atomic E-state index is 0.0466. The molecule has 0 spiro atoms. The fourth-order valence-corrected chi connectivity index (χ4v) is 6.11. The number of carbonyl (C=O) groups is 2. The zero-order valence-corrected chi connectivity index (χ0v) is 18.6. The van der Waals surface area contributed by atoms with Crippen LogP contribution in [0.25, 0.3) is 11.1 Å². The van der Waals surface area contributed by atoms with Gasteiger partial charge in [0.2, 0.25) is 11.8 Å². The van der Waals surface area contributed by atoms with Crippen molar-refractivity contribution in [2.45, 2.75) is 55.7 Å². The number of rotatable bonds is 4. The van der Waals surface area contributed by atoms with E-state index in [0.717, 1.165) is 48.2 Å². The van der Waals surface area contributed by atoms with E-state index in [1.807, 2.05) is 42.2 Å². The van der Waals surface area contributed by atoms with Crippen molar-refractivity contribution >= 4 is 33.0 Å². The molecule has 0 aromatic heterocycles. The van der Waals surface area contributed by atoms with Crippen molar-refractivity contribution in [1.82, 2.24) is 0 Å². The average molecular weight is 439 g/mol. The van der Waals surface area contributed by atoms with E-state index in [1.54, 1.807) is 24.0 Å². The van der Waals surface area contributed by atoms with Crippen LogP contribution >= 0.6 is 0 Å². The SMILES string of the molecule is CC(=O)N1c2ccc(-c3ccc(S(=O)(=O)C4CC4)cc3)cc2N(C(=O)C2CC2)C[C@@H]1C. The van der Waals surface area contributed by atoms with Crippen LogP contribution in [0.4, 0.5) is 11.4 Å². The third-order valence-electron chi connectivity index (χ3n) is 6.42. The summed E-state index contributed by atoms with van der Waals surface area (Å²) in [6, 6.07) is 12.6. The lowest BCUT2D eigenvalue weighted by atomic mass is 10.00. The molecule has 2 amide bonds. The number of fused-ring (bicyclic) bond motifs is 1. The van der Waals surface area contributed by atoms with Gasteiger partial charge in [0, 0.05) is 19.4 Å². The van der Waals surface area contributed by atoms with Gasteiger partial charge in [-0.05, 0) is 68.0 Å². The van der Waals surface area contributed by atoms with Crippen LogP contribution in [-0.4, -0.2) is 38.1 Å². The van der Waals surface area contributed by atoms with Gasteiger partial charge in [0.25, 0.3) is 0 Å². The van der Waals surface area contributed by atoms with Crippen molar-refractivity contribution in [2.24, 2.45) is 5.92 Å². The van der Waals surface area contributed by atoms with Gasteiger partial charge in [-0.15, -0.1) is 0 Å². The summed E-state index contributed by atoms with van der Waals surface area (Å²) in [6.07, 6.45) is 3.33. The average Bonchev–Trinajstić information content (AvgIpc) is 3.64. The number of carbonyl (C=O) groups excluding carboxylic acids is 2. The van der Waals surface area contributed by atoms with Gasteiger partial charge in [0.1, 0.15) is 0 Å². The van der Waals surface area contributed by atoms with Gasteiger partial charge < -0.3 is 9.80 Å². The van der Waals surface area contributed by atoms with Gasteiger partial charge in [0.05, 0.1) is 27.6 Å². The van der Waals surface area contributed by atoms with Gasteiger partial charge in [-0.3, -0.25) is 9.59 Å². The normalized spacial score (nSPS) is 21.0. The summed E-state index contributed by atoms with van der Waals surface area (Å²) in [5, 5.41) is -0.233. The maximum atomic E-state index is 13.0. The minimum Gasteiger partial charge on any atom is -0.308 e. The third-order valence-corrected chi connectivity index (χ3v) is 8.70. The molecule has 7 heteroatoms. The Balaban J connectivity index is 1.53. The lowest BCUT2D eigenvalue weighted by Gasteiger charge is -2.41. The highest BCUT2D eigenvalue weighted by Crippen LogP contribution is 2.42. The van der Waals surface area contributed by atoms with Crippen molar-refractivity contribution in [3.05, 3.63) is 42.5 Å². The smallest absolute Gasteiger partial charge is 0.230 e. The molecular formula is C24H26N2O4S. The molecule has 2 aromatic carbocycles. The lowest BCUT2D eigenvalue weighted by molar-refractivity contribution is -0.120. The maximum absolute atomic E-state index is 13.0. The first-order valence-electron chi connectivity index (χ1n) is 10.9. The van der Waals surface area contributed by atoms with Gasteiger partial charge in [-0.25, -0.2) is 8.42 Å². The van der Waals surface area contributed by atoms with Crippen LogP contribution < -0.4 is 9.80 Å². The standard InChI is InChI=1S/C24H26N2O4S/c1-15-14-25(24(28)18-3-4-18)23-13-19(7-12-22(23)26(15)16(2)27)17-5-8-20(9-6-17)31(29,30)21-10-11-21/h5-9,12-13,15,18,21H,3-4,10-11,14H2,1-2H3/t15-/m0/s1. The molecule has 162 valence electrons. The Kier molecular flexibility index (Phi) is 4.70. The number of amides is 2. The van der Waals surface area contributed by atoms with Crippen LogP contribution in [0, 0.1) is 5.92 Å². The lowest BCUT2D eigenvalue weighted by Crippen LogP contribution is -2.51. The summed E-state index contributed by atoms with van der Waals surface area (Å²) >= 11 is 0. The number of sulfone groups is 1. The summed E-state index contributed by atoms with van der Waals surface area (Å²) in [5.41, 5.74) is 3.26. The second-order valence-electron chi connectivity index (χ2n) is 8.93. The Morgan fingerprint density at radius 3 is 2.13 bits per heavy atom. The highest BCUT2D eigenvalue weighted by molar-refractivity contribution is 7.92. The first-order valence-corrected chi connectivity index (χ1v) is 12.4. The van der Waals surface area contributed by atoms with Crippen molar-refractivity contribution in [3.8, 4) is 11.1 Å². The molecule has 2 fully saturated rings. The number of benzene rings is 2. The Labute approximate surface area is 182 Å². The topological polar surface area (TPSA) is 74.8 Å². The number of hydrogen-bond donors (Lipinski definition) is 0. The van der Waals surface area contributed by atoms with Crippen LogP contribution in [0.2, 0.25) is 0 Å². The Morgan fingerprint density at radius 2 is 1.55 bits per heavy atom. The summed E-state index contributed by atoms with van der Waals surface area (Å²) in [7, 11) is -3.22. The molecule has 1 atom stereocenters. The van der Waals surface area contributed by atoms with Crippen LogP contribution in [0.15, 0.2) is 47.4 Å². The predicted molar refractivity (Wildman–Crippen MR) is 120 cm³/mol. The minimum atomic E-state index is -3.22. The zero-order valence-electron chi connectivity index (χ0n) is 17.7. The van der Waals surface area contributed by atoms with Gasteiger partial charge in [0.15, 0.2) is 9.84 Å². The largest absolute Gasteiger partial charge is 0.308 e. The molecular weight excluding hydrogens is 412 g/mol. The number of hydrogen-bond acceptors (Lipinski definition) is 4. The monoisotopic (exact) mass is 438 g/mol. The van der Waals surface area contributed by atoms with Gasteiger partial charge in [-0.2, -0.15) is 0 Å². The Bertz CT molecular complexity index is 1160. The first kappa shape index (κ1) is 20.2. The third kappa shape index (κ3) is 3.55. The summed E-state index contributed by atoms with van der Waals surface area (Å²) in [4.78, 5) is 29.2. The van der Waals surface area contributed by atoms with E-state index in [2.05, 4.69) is 0 Å². The van der Waals surface area contributed by atoms with Crippen molar-refractivity contribution in [3.63, 3.8) is 0 Å². The molecule has 1 aliphatic heterocycles. The molecule has 2 aromatic rings. The fourth-order valence-electron chi connectivity index (χ4n) is 4.45. The second-order valence-corrected chi connectivity index (χ2v) is 11.2. The second kappa shape index (κ2) is 7.19. The molecule has 31 heavy (non-hydrogen) atoms. The van der Waals surface area contributed by atoms with Crippen LogP contribution in [0.1, 0.15) is 39.5 Å². The molecule has 0 bridgehead atoms. The molecule has 0 unspecified atom stereocenters. The molecule has 1 heterocycles. The molecule has 6 nitrogen and oxygen atoms in total. The Morgan fingerprint density at radius 1 is 0.903 bits per heavy atom. The van der Waals surface area contributed by atoms with Crippen LogP contribution in [-0.2, 0) is 19.4 Å². The number of anilines is 2. The van der Waals surface area contributed by atoms with E-state index >= 15 is 0 Å². The molecule has 2 aliphatic carbocycles. The van der Waals surface area contributed by atoms with Gasteiger partial charge >= 0.3 is 0 Å².